The lowest BCUT2D eigenvalue weighted by Crippen LogP contribution is -2.40. The van der Waals surface area contributed by atoms with Crippen LogP contribution in [-0.4, -0.2) is 47.1 Å². The predicted molar refractivity (Wildman–Crippen MR) is 137 cm³/mol. The number of carbonyl (C=O) groups excluding carboxylic acids is 1. The maximum absolute atomic E-state index is 13.6. The number of nitro groups is 1. The molecule has 0 spiro atoms. The highest BCUT2D eigenvalue weighted by molar-refractivity contribution is 7.92. The Morgan fingerprint density at radius 1 is 0.946 bits per heavy atom. The Labute approximate surface area is 214 Å². The summed E-state index contributed by atoms with van der Waals surface area (Å²) in [6.45, 7) is 1.05. The average molecular weight is 530 g/mol. The Bertz CT molecular complexity index is 1390. The maximum Gasteiger partial charge on any atom is 0.273 e. The van der Waals surface area contributed by atoms with Crippen molar-refractivity contribution >= 4 is 27.3 Å². The van der Waals surface area contributed by atoms with E-state index in [1.54, 1.807) is 30.3 Å². The first-order chi connectivity index (χ1) is 17.6. The molecule has 0 aliphatic heterocycles. The summed E-state index contributed by atoms with van der Waals surface area (Å²) in [5, 5.41) is 14.1. The van der Waals surface area contributed by atoms with Gasteiger partial charge in [-0.15, -0.1) is 0 Å². The topological polar surface area (TPSA) is 137 Å². The minimum absolute atomic E-state index is 0.103. The number of sulfonamides is 1. The largest absolute Gasteiger partial charge is 0.497 e. The van der Waals surface area contributed by atoms with Crippen molar-refractivity contribution < 1.29 is 32.3 Å². The van der Waals surface area contributed by atoms with E-state index in [1.807, 2.05) is 0 Å². The lowest BCUT2D eigenvalue weighted by Gasteiger charge is -2.24. The summed E-state index contributed by atoms with van der Waals surface area (Å²) >= 11 is 0. The van der Waals surface area contributed by atoms with Gasteiger partial charge in [0.1, 0.15) is 12.3 Å². The van der Waals surface area contributed by atoms with Gasteiger partial charge in [0, 0.05) is 18.2 Å². The summed E-state index contributed by atoms with van der Waals surface area (Å²) in [6.07, 6.45) is 0. The van der Waals surface area contributed by atoms with E-state index >= 15 is 0 Å². The van der Waals surface area contributed by atoms with Crippen LogP contribution in [0.1, 0.15) is 11.1 Å². The molecule has 0 saturated carbocycles. The van der Waals surface area contributed by atoms with Crippen LogP contribution in [0.5, 0.6) is 17.2 Å². The summed E-state index contributed by atoms with van der Waals surface area (Å²) < 4.78 is 43.7. The molecule has 3 aromatic rings. The van der Waals surface area contributed by atoms with E-state index in [4.69, 9.17) is 14.2 Å². The molecule has 1 amide bonds. The van der Waals surface area contributed by atoms with Gasteiger partial charge in [0.2, 0.25) is 5.91 Å². The third-order valence-electron chi connectivity index (χ3n) is 5.55. The lowest BCUT2D eigenvalue weighted by atomic mass is 10.2. The number of ether oxygens (including phenoxy) is 3. The molecular weight excluding hydrogens is 502 g/mol. The fraction of sp³-hybridized carbons (Fsp3) is 0.240. The van der Waals surface area contributed by atoms with Crippen molar-refractivity contribution in [2.45, 2.75) is 18.4 Å². The molecule has 0 bridgehead atoms. The molecule has 196 valence electrons. The normalized spacial score (nSPS) is 10.9. The second-order valence-electron chi connectivity index (χ2n) is 7.88. The predicted octanol–water partition coefficient (Wildman–Crippen LogP) is 3.44. The molecule has 0 aromatic heterocycles. The van der Waals surface area contributed by atoms with Gasteiger partial charge in [0.15, 0.2) is 11.5 Å². The number of hydrogen-bond donors (Lipinski definition) is 1. The maximum atomic E-state index is 13.6. The number of nitrogens with zero attached hydrogens (tertiary/aromatic N) is 2. The Balaban J connectivity index is 1.91. The third-order valence-corrected chi connectivity index (χ3v) is 7.32. The van der Waals surface area contributed by atoms with Gasteiger partial charge < -0.3 is 19.5 Å². The fourth-order valence-corrected chi connectivity index (χ4v) is 4.96. The van der Waals surface area contributed by atoms with Gasteiger partial charge in [0.25, 0.3) is 15.7 Å². The van der Waals surface area contributed by atoms with Crippen molar-refractivity contribution in [3.63, 3.8) is 0 Å². The molecule has 11 nitrogen and oxygen atoms in total. The van der Waals surface area contributed by atoms with E-state index in [1.165, 1.54) is 52.5 Å². The molecule has 0 radical (unpaired) electrons. The number of nitrogens with one attached hydrogen (secondary N) is 1. The summed E-state index contributed by atoms with van der Waals surface area (Å²) in [6, 6.07) is 14.8. The smallest absolute Gasteiger partial charge is 0.273 e. The Morgan fingerprint density at radius 2 is 1.62 bits per heavy atom. The lowest BCUT2D eigenvalue weighted by molar-refractivity contribution is -0.385. The second kappa shape index (κ2) is 11.6. The number of anilines is 1. The van der Waals surface area contributed by atoms with Gasteiger partial charge in [-0.2, -0.15) is 0 Å². The molecule has 0 heterocycles. The number of methoxy groups -OCH3 is 3. The van der Waals surface area contributed by atoms with Crippen LogP contribution in [0.3, 0.4) is 0 Å². The SMILES string of the molecule is COc1ccc(N(CC(=O)NCc2ccc(OC)c(OC)c2)S(=O)(=O)c2ccc(C)c([N+](=O)[O-])c2)cc1. The number of carbonyl (C=O) groups is 1. The van der Waals surface area contributed by atoms with Gasteiger partial charge in [-0.25, -0.2) is 8.42 Å². The first kappa shape index (κ1) is 27.3. The molecule has 3 rings (SSSR count). The van der Waals surface area contributed by atoms with Crippen molar-refractivity contribution in [3.05, 3.63) is 81.9 Å². The molecular formula is C25H27N3O8S. The first-order valence-electron chi connectivity index (χ1n) is 11.0. The minimum Gasteiger partial charge on any atom is -0.497 e. The standard InChI is InChI=1S/C25H27N3O8S/c1-17-5-11-21(14-22(17)28(30)31)37(32,33)27(19-7-9-20(34-2)10-8-19)16-25(29)26-15-18-6-12-23(35-3)24(13-18)36-4/h5-14H,15-16H2,1-4H3,(H,26,29). The minimum atomic E-state index is -4.35. The van der Waals surface area contributed by atoms with E-state index in [-0.39, 0.29) is 22.8 Å². The molecule has 0 fully saturated rings. The second-order valence-corrected chi connectivity index (χ2v) is 9.74. The third kappa shape index (κ3) is 6.28. The van der Waals surface area contributed by atoms with Crippen LogP contribution in [0.25, 0.3) is 0 Å². The van der Waals surface area contributed by atoms with Gasteiger partial charge in [-0.1, -0.05) is 12.1 Å². The highest BCUT2D eigenvalue weighted by Gasteiger charge is 2.29. The van der Waals surface area contributed by atoms with E-state index in [0.29, 0.717) is 28.4 Å². The van der Waals surface area contributed by atoms with Crippen molar-refractivity contribution in [2.24, 2.45) is 0 Å². The quantitative estimate of drug-likeness (QED) is 0.295. The molecule has 3 aromatic carbocycles. The number of rotatable bonds is 11. The molecule has 12 heteroatoms. The number of benzene rings is 3. The molecule has 0 saturated heterocycles. The zero-order valence-electron chi connectivity index (χ0n) is 20.8. The van der Waals surface area contributed by atoms with Gasteiger partial charge in [-0.05, 0) is 55.0 Å². The highest BCUT2D eigenvalue weighted by Crippen LogP contribution is 2.29. The Kier molecular flexibility index (Phi) is 8.56. The summed E-state index contributed by atoms with van der Waals surface area (Å²) in [4.78, 5) is 23.3. The summed E-state index contributed by atoms with van der Waals surface area (Å²) in [7, 11) is 0.119. The van der Waals surface area contributed by atoms with Crippen LogP contribution in [-0.2, 0) is 21.4 Å². The first-order valence-corrected chi connectivity index (χ1v) is 12.4. The fourth-order valence-electron chi connectivity index (χ4n) is 3.51. The molecule has 0 aliphatic carbocycles. The van der Waals surface area contributed by atoms with Crippen LogP contribution in [0, 0.1) is 17.0 Å². The molecule has 0 unspecified atom stereocenters. The highest BCUT2D eigenvalue weighted by atomic mass is 32.2. The van der Waals surface area contributed by atoms with Crippen LogP contribution in [0.4, 0.5) is 11.4 Å². The van der Waals surface area contributed by atoms with Crippen molar-refractivity contribution in [3.8, 4) is 17.2 Å². The van der Waals surface area contributed by atoms with E-state index in [9.17, 15) is 23.3 Å². The zero-order chi connectivity index (χ0) is 27.2. The number of hydrogen-bond acceptors (Lipinski definition) is 8. The van der Waals surface area contributed by atoms with E-state index < -0.39 is 27.4 Å². The number of nitro benzene ring substituents is 1. The molecule has 1 N–H and O–H groups in total. The van der Waals surface area contributed by atoms with Crippen LogP contribution >= 0.6 is 0 Å². The summed E-state index contributed by atoms with van der Waals surface area (Å²) in [5.41, 5.74) is 0.866. The molecule has 37 heavy (non-hydrogen) atoms. The zero-order valence-corrected chi connectivity index (χ0v) is 21.6. The van der Waals surface area contributed by atoms with Gasteiger partial charge in [-0.3, -0.25) is 19.2 Å². The van der Waals surface area contributed by atoms with E-state index in [2.05, 4.69) is 5.32 Å². The van der Waals surface area contributed by atoms with Gasteiger partial charge >= 0.3 is 0 Å². The Hall–Kier alpha value is -4.32. The summed E-state index contributed by atoms with van der Waals surface area (Å²) in [5.74, 6) is 0.917. The van der Waals surface area contributed by atoms with Crippen molar-refractivity contribution in [2.75, 3.05) is 32.2 Å². The average Bonchev–Trinajstić information content (AvgIpc) is 2.90. The van der Waals surface area contributed by atoms with Crippen molar-refractivity contribution in [1.82, 2.24) is 5.32 Å². The molecule has 0 atom stereocenters. The van der Waals surface area contributed by atoms with E-state index in [0.717, 1.165) is 10.4 Å². The number of aryl methyl sites for hydroxylation is 1. The van der Waals surface area contributed by atoms with Crippen molar-refractivity contribution in [1.29, 1.82) is 0 Å². The van der Waals surface area contributed by atoms with Gasteiger partial charge in [0.05, 0.1) is 36.8 Å². The number of amides is 1. The van der Waals surface area contributed by atoms with Crippen LogP contribution in [0.2, 0.25) is 0 Å². The van der Waals surface area contributed by atoms with Crippen LogP contribution < -0.4 is 23.8 Å². The van der Waals surface area contributed by atoms with Crippen LogP contribution in [0.15, 0.2) is 65.6 Å². The Morgan fingerprint density at radius 3 is 2.22 bits per heavy atom. The molecule has 0 aliphatic rings. The monoisotopic (exact) mass is 529 g/mol.